The molecule has 6 heteroatoms. The molecule has 0 unspecified atom stereocenters. The summed E-state index contributed by atoms with van der Waals surface area (Å²) in [5.74, 6) is -0.180. The van der Waals surface area contributed by atoms with Gasteiger partial charge in [-0.05, 0) is 43.2 Å². The maximum absolute atomic E-state index is 13.0. The van der Waals surface area contributed by atoms with Crippen molar-refractivity contribution in [2.75, 3.05) is 11.4 Å². The summed E-state index contributed by atoms with van der Waals surface area (Å²) >= 11 is 0. The summed E-state index contributed by atoms with van der Waals surface area (Å²) in [4.78, 5) is 14.8. The van der Waals surface area contributed by atoms with E-state index in [1.165, 1.54) is 12.1 Å². The van der Waals surface area contributed by atoms with Gasteiger partial charge in [-0.1, -0.05) is 31.2 Å². The van der Waals surface area contributed by atoms with E-state index in [1.807, 2.05) is 31.2 Å². The van der Waals surface area contributed by atoms with E-state index in [-0.39, 0.29) is 16.8 Å². The van der Waals surface area contributed by atoms with Crippen molar-refractivity contribution in [3.63, 3.8) is 0 Å². The Morgan fingerprint density at radius 2 is 1.96 bits per heavy atom. The first kappa shape index (κ1) is 16.7. The second-order valence-electron chi connectivity index (χ2n) is 5.89. The lowest BCUT2D eigenvalue weighted by molar-refractivity contribution is 0.0981. The maximum Gasteiger partial charge on any atom is 0.258 e. The Labute approximate surface area is 142 Å². The molecule has 1 N–H and O–H groups in total. The lowest BCUT2D eigenvalue weighted by Crippen LogP contribution is -2.35. The minimum atomic E-state index is -3.58. The molecule has 126 valence electrons. The van der Waals surface area contributed by atoms with Gasteiger partial charge in [0, 0.05) is 23.8 Å². The molecule has 0 aliphatic carbocycles. The molecule has 3 rings (SSSR count). The van der Waals surface area contributed by atoms with Gasteiger partial charge in [-0.15, -0.1) is 0 Å². The highest BCUT2D eigenvalue weighted by Gasteiger charge is 2.31. The number of nitrogens with zero attached hydrogens (tertiary/aromatic N) is 1. The smallest absolute Gasteiger partial charge is 0.258 e. The highest BCUT2D eigenvalue weighted by atomic mass is 32.2. The molecule has 1 amide bonds. The summed E-state index contributed by atoms with van der Waals surface area (Å²) in [6.45, 7) is 4.02. The van der Waals surface area contributed by atoms with Crippen molar-refractivity contribution in [1.29, 1.82) is 0 Å². The number of hydrogen-bond acceptors (Lipinski definition) is 3. The standard InChI is InChI=1S/C18H20N2O3S/c1-3-19-24(22,23)16-9-6-8-15(12-16)18(21)20-13(2)11-14-7-4-5-10-17(14)20/h4-10,12-13,19H,3,11H2,1-2H3/t13-/m0/s1. The van der Waals surface area contributed by atoms with Gasteiger partial charge in [0.05, 0.1) is 4.90 Å². The van der Waals surface area contributed by atoms with Crippen LogP contribution < -0.4 is 9.62 Å². The van der Waals surface area contributed by atoms with Crippen molar-refractivity contribution >= 4 is 21.6 Å². The molecule has 1 aliphatic heterocycles. The number of amides is 1. The fraction of sp³-hybridized carbons (Fsp3) is 0.278. The van der Waals surface area contributed by atoms with E-state index in [4.69, 9.17) is 0 Å². The molecule has 5 nitrogen and oxygen atoms in total. The van der Waals surface area contributed by atoms with Crippen molar-refractivity contribution in [3.8, 4) is 0 Å². The molecule has 24 heavy (non-hydrogen) atoms. The normalized spacial score (nSPS) is 16.9. The number of carbonyl (C=O) groups excluding carboxylic acids is 1. The molecule has 0 radical (unpaired) electrons. The van der Waals surface area contributed by atoms with Crippen LogP contribution in [0.4, 0.5) is 5.69 Å². The number of fused-ring (bicyclic) bond motifs is 1. The Morgan fingerprint density at radius 3 is 2.71 bits per heavy atom. The molecule has 1 atom stereocenters. The third-order valence-corrected chi connectivity index (χ3v) is 5.69. The van der Waals surface area contributed by atoms with Crippen LogP contribution in [0.3, 0.4) is 0 Å². The average Bonchev–Trinajstić information content (AvgIpc) is 2.90. The Kier molecular flexibility index (Phi) is 4.43. The number of anilines is 1. The lowest BCUT2D eigenvalue weighted by Gasteiger charge is -2.23. The SMILES string of the molecule is CCNS(=O)(=O)c1cccc(C(=O)N2c3ccccc3C[C@@H]2C)c1. The lowest BCUT2D eigenvalue weighted by atomic mass is 10.1. The van der Waals surface area contributed by atoms with Crippen LogP contribution in [-0.2, 0) is 16.4 Å². The van der Waals surface area contributed by atoms with Crippen molar-refractivity contribution < 1.29 is 13.2 Å². The van der Waals surface area contributed by atoms with Crippen molar-refractivity contribution in [3.05, 3.63) is 59.7 Å². The quantitative estimate of drug-likeness (QED) is 0.927. The first-order valence-corrected chi connectivity index (χ1v) is 9.43. The van der Waals surface area contributed by atoms with Crippen LogP contribution in [0.25, 0.3) is 0 Å². The van der Waals surface area contributed by atoms with Gasteiger partial charge in [-0.2, -0.15) is 0 Å². The van der Waals surface area contributed by atoms with Crippen LogP contribution in [0.5, 0.6) is 0 Å². The first-order valence-electron chi connectivity index (χ1n) is 7.95. The first-order chi connectivity index (χ1) is 11.4. The zero-order valence-electron chi connectivity index (χ0n) is 13.7. The number of nitrogens with one attached hydrogen (secondary N) is 1. The summed E-state index contributed by atoms with van der Waals surface area (Å²) < 4.78 is 26.8. The van der Waals surface area contributed by atoms with Crippen molar-refractivity contribution in [2.45, 2.75) is 31.2 Å². The molecule has 1 aliphatic rings. The van der Waals surface area contributed by atoms with Gasteiger partial charge >= 0.3 is 0 Å². The molecular weight excluding hydrogens is 324 g/mol. The fourth-order valence-corrected chi connectivity index (χ4v) is 4.17. The third kappa shape index (κ3) is 2.95. The Hall–Kier alpha value is -2.18. The molecule has 0 saturated heterocycles. The van der Waals surface area contributed by atoms with Crippen LogP contribution in [0.15, 0.2) is 53.4 Å². The van der Waals surface area contributed by atoms with Crippen LogP contribution >= 0.6 is 0 Å². The summed E-state index contributed by atoms with van der Waals surface area (Å²) in [6.07, 6.45) is 0.803. The van der Waals surface area contributed by atoms with E-state index < -0.39 is 10.0 Å². The van der Waals surface area contributed by atoms with E-state index in [2.05, 4.69) is 4.72 Å². The summed E-state index contributed by atoms with van der Waals surface area (Å²) in [7, 11) is -3.58. The number of rotatable bonds is 4. The van der Waals surface area contributed by atoms with E-state index >= 15 is 0 Å². The monoisotopic (exact) mass is 344 g/mol. The zero-order valence-corrected chi connectivity index (χ0v) is 14.5. The Morgan fingerprint density at radius 1 is 1.21 bits per heavy atom. The molecule has 2 aromatic carbocycles. The van der Waals surface area contributed by atoms with Gasteiger partial charge in [0.25, 0.3) is 5.91 Å². The highest BCUT2D eigenvalue weighted by molar-refractivity contribution is 7.89. The second-order valence-corrected chi connectivity index (χ2v) is 7.65. The summed E-state index contributed by atoms with van der Waals surface area (Å²) in [5.41, 5.74) is 2.40. The molecule has 0 saturated carbocycles. The molecule has 0 bridgehead atoms. The minimum Gasteiger partial charge on any atom is -0.305 e. The molecule has 1 heterocycles. The van der Waals surface area contributed by atoms with E-state index in [0.29, 0.717) is 12.1 Å². The minimum absolute atomic E-state index is 0.0453. The molecule has 0 fully saturated rings. The van der Waals surface area contributed by atoms with Crippen LogP contribution in [0.1, 0.15) is 29.8 Å². The van der Waals surface area contributed by atoms with Gasteiger partial charge in [-0.25, -0.2) is 13.1 Å². The summed E-state index contributed by atoms with van der Waals surface area (Å²) in [6, 6.07) is 14.0. The fourth-order valence-electron chi connectivity index (χ4n) is 3.08. The molecular formula is C18H20N2O3S. The van der Waals surface area contributed by atoms with E-state index in [9.17, 15) is 13.2 Å². The van der Waals surface area contributed by atoms with Gasteiger partial charge in [-0.3, -0.25) is 4.79 Å². The summed E-state index contributed by atoms with van der Waals surface area (Å²) in [5, 5.41) is 0. The topological polar surface area (TPSA) is 66.5 Å². The molecule has 2 aromatic rings. The van der Waals surface area contributed by atoms with Crippen molar-refractivity contribution in [1.82, 2.24) is 4.72 Å². The number of benzene rings is 2. The Balaban J connectivity index is 1.97. The number of hydrogen-bond donors (Lipinski definition) is 1. The van der Waals surface area contributed by atoms with E-state index in [0.717, 1.165) is 17.7 Å². The molecule has 0 spiro atoms. The average molecular weight is 344 g/mol. The zero-order chi connectivity index (χ0) is 17.3. The predicted octanol–water partition coefficient (Wildman–Crippen LogP) is 2.58. The second kappa shape index (κ2) is 6.37. The highest BCUT2D eigenvalue weighted by Crippen LogP contribution is 2.33. The Bertz CT molecular complexity index is 877. The maximum atomic E-state index is 13.0. The number of carbonyl (C=O) groups is 1. The van der Waals surface area contributed by atoms with Gasteiger partial charge < -0.3 is 4.90 Å². The predicted molar refractivity (Wildman–Crippen MR) is 93.7 cm³/mol. The number of para-hydroxylation sites is 1. The number of sulfonamides is 1. The van der Waals surface area contributed by atoms with Crippen LogP contribution in [-0.4, -0.2) is 26.9 Å². The third-order valence-electron chi connectivity index (χ3n) is 4.15. The van der Waals surface area contributed by atoms with Gasteiger partial charge in [0.1, 0.15) is 0 Å². The van der Waals surface area contributed by atoms with Crippen LogP contribution in [0, 0.1) is 0 Å². The van der Waals surface area contributed by atoms with Gasteiger partial charge in [0.2, 0.25) is 10.0 Å². The van der Waals surface area contributed by atoms with Gasteiger partial charge in [0.15, 0.2) is 0 Å². The van der Waals surface area contributed by atoms with Crippen LogP contribution in [0.2, 0.25) is 0 Å². The molecule has 0 aromatic heterocycles. The van der Waals surface area contributed by atoms with Crippen molar-refractivity contribution in [2.24, 2.45) is 0 Å². The van der Waals surface area contributed by atoms with E-state index in [1.54, 1.807) is 24.0 Å². The largest absolute Gasteiger partial charge is 0.305 e.